The van der Waals surface area contributed by atoms with Crippen LogP contribution in [0.5, 0.6) is 0 Å². The highest BCUT2D eigenvalue weighted by molar-refractivity contribution is 7.86. The van der Waals surface area contributed by atoms with E-state index in [1.807, 2.05) is 6.92 Å². The molecule has 0 radical (unpaired) electrons. The molecule has 0 aliphatic heterocycles. The van der Waals surface area contributed by atoms with Gasteiger partial charge in [-0.25, -0.2) is 0 Å². The fourth-order valence-corrected chi connectivity index (χ4v) is 3.55. The van der Waals surface area contributed by atoms with Crippen LogP contribution in [0.15, 0.2) is 45.7 Å². The van der Waals surface area contributed by atoms with Gasteiger partial charge < -0.3 is 11.5 Å². The number of aryl methyl sites for hydroxylation is 2. The van der Waals surface area contributed by atoms with Crippen LogP contribution >= 0.6 is 0 Å². The molecule has 1 unspecified atom stereocenters. The smallest absolute Gasteiger partial charge is 0.295 e. The first-order valence-corrected chi connectivity index (χ1v) is 8.15. The van der Waals surface area contributed by atoms with Gasteiger partial charge in [0.2, 0.25) is 0 Å². The Labute approximate surface area is 130 Å². The molecule has 1 aromatic rings. The molecule has 0 bridgehead atoms. The van der Waals surface area contributed by atoms with Crippen LogP contribution in [-0.4, -0.2) is 19.2 Å². The van der Waals surface area contributed by atoms with Crippen molar-refractivity contribution in [3.05, 3.63) is 52.5 Å². The van der Waals surface area contributed by atoms with E-state index in [1.165, 1.54) is 12.4 Å². The molecule has 1 aliphatic rings. The summed E-state index contributed by atoms with van der Waals surface area (Å²) >= 11 is 0. The Hall–Kier alpha value is -2.12. The molecule has 0 saturated heterocycles. The monoisotopic (exact) mass is 321 g/mol. The Balaban J connectivity index is 2.32. The zero-order valence-electron chi connectivity index (χ0n) is 12.4. The van der Waals surface area contributed by atoms with Crippen LogP contribution < -0.4 is 11.5 Å². The summed E-state index contributed by atoms with van der Waals surface area (Å²) in [7, 11) is -4.28. The SMILES string of the molecule is Cc1cc(C)c(S(=O)(=O)O)c(CC2=C(N)C2C=NC=CN)c1. The molecule has 6 nitrogen and oxygen atoms in total. The number of hydrogen-bond acceptors (Lipinski definition) is 5. The fourth-order valence-electron chi connectivity index (χ4n) is 2.62. The first-order chi connectivity index (χ1) is 10.3. The van der Waals surface area contributed by atoms with Crippen molar-refractivity contribution in [2.75, 3.05) is 0 Å². The van der Waals surface area contributed by atoms with Crippen LogP contribution in [0.1, 0.15) is 16.7 Å². The maximum Gasteiger partial charge on any atom is 0.295 e. The maximum atomic E-state index is 11.6. The zero-order chi connectivity index (χ0) is 16.5. The van der Waals surface area contributed by atoms with Gasteiger partial charge in [0, 0.05) is 24.3 Å². The second-order valence-corrected chi connectivity index (χ2v) is 6.68. The summed E-state index contributed by atoms with van der Waals surface area (Å²) in [5, 5.41) is 0. The predicted octanol–water partition coefficient (Wildman–Crippen LogP) is 1.44. The molecule has 0 amide bonds. The highest BCUT2D eigenvalue weighted by Crippen LogP contribution is 2.38. The van der Waals surface area contributed by atoms with Crippen molar-refractivity contribution < 1.29 is 13.0 Å². The summed E-state index contributed by atoms with van der Waals surface area (Å²) in [4.78, 5) is 3.94. The topological polar surface area (TPSA) is 119 Å². The normalized spacial score (nSPS) is 18.6. The van der Waals surface area contributed by atoms with E-state index in [1.54, 1.807) is 25.3 Å². The Morgan fingerprint density at radius 1 is 1.36 bits per heavy atom. The van der Waals surface area contributed by atoms with Gasteiger partial charge in [-0.15, -0.1) is 0 Å². The third-order valence-electron chi connectivity index (χ3n) is 3.54. The van der Waals surface area contributed by atoms with E-state index in [0.29, 0.717) is 23.2 Å². The molecular weight excluding hydrogens is 302 g/mol. The van der Waals surface area contributed by atoms with Gasteiger partial charge in [-0.2, -0.15) is 8.42 Å². The summed E-state index contributed by atoms with van der Waals surface area (Å²) in [6, 6.07) is 3.48. The van der Waals surface area contributed by atoms with E-state index < -0.39 is 10.1 Å². The fraction of sp³-hybridized carbons (Fsp3) is 0.267. The van der Waals surface area contributed by atoms with Crippen LogP contribution in [0.3, 0.4) is 0 Å². The summed E-state index contributed by atoms with van der Waals surface area (Å²) < 4.78 is 32.7. The van der Waals surface area contributed by atoms with Crippen LogP contribution in [0.25, 0.3) is 0 Å². The molecule has 22 heavy (non-hydrogen) atoms. The summed E-state index contributed by atoms with van der Waals surface area (Å²) in [6.45, 7) is 3.54. The van der Waals surface area contributed by atoms with E-state index in [2.05, 4.69) is 4.99 Å². The molecular formula is C15H19N3O3S. The predicted molar refractivity (Wildman–Crippen MR) is 86.0 cm³/mol. The van der Waals surface area contributed by atoms with E-state index in [9.17, 15) is 13.0 Å². The summed E-state index contributed by atoms with van der Waals surface area (Å²) in [5.41, 5.74) is 14.7. The lowest BCUT2D eigenvalue weighted by Gasteiger charge is -2.10. The van der Waals surface area contributed by atoms with Crippen molar-refractivity contribution in [3.8, 4) is 0 Å². The number of rotatable bonds is 5. The van der Waals surface area contributed by atoms with E-state index in [-0.39, 0.29) is 10.8 Å². The van der Waals surface area contributed by atoms with Crippen LogP contribution in [-0.2, 0) is 16.5 Å². The third-order valence-corrected chi connectivity index (χ3v) is 4.64. The lowest BCUT2D eigenvalue weighted by Crippen LogP contribution is -2.07. The molecule has 1 aromatic carbocycles. The average molecular weight is 321 g/mol. The Morgan fingerprint density at radius 2 is 2.05 bits per heavy atom. The molecule has 118 valence electrons. The minimum atomic E-state index is -4.28. The standard InChI is InChI=1S/C15H19N3O3S/c1-9-5-10(2)15(22(19,20)21)11(6-9)7-12-13(14(12)17)8-18-4-3-16/h3-6,8,13H,7,16-17H2,1-2H3,(H,19,20,21). The second-order valence-electron chi connectivity index (χ2n) is 5.32. The molecule has 0 heterocycles. The van der Waals surface area contributed by atoms with Gasteiger partial charge in [-0.05, 0) is 37.0 Å². The van der Waals surface area contributed by atoms with Crippen molar-refractivity contribution in [1.82, 2.24) is 0 Å². The molecule has 0 aromatic heterocycles. The van der Waals surface area contributed by atoms with Gasteiger partial charge >= 0.3 is 0 Å². The number of nitrogens with zero attached hydrogens (tertiary/aromatic N) is 1. The summed E-state index contributed by atoms with van der Waals surface area (Å²) in [6.07, 6.45) is 4.79. The number of aliphatic imine (C=N–C) groups is 1. The van der Waals surface area contributed by atoms with Gasteiger partial charge in [0.25, 0.3) is 10.1 Å². The van der Waals surface area contributed by atoms with Crippen molar-refractivity contribution in [2.45, 2.75) is 25.2 Å². The number of hydrogen-bond donors (Lipinski definition) is 3. The van der Waals surface area contributed by atoms with Gasteiger partial charge in [0.1, 0.15) is 4.90 Å². The summed E-state index contributed by atoms with van der Waals surface area (Å²) in [5.74, 6) is -0.0775. The first-order valence-electron chi connectivity index (χ1n) is 6.71. The number of allylic oxidation sites excluding steroid dienone is 2. The van der Waals surface area contributed by atoms with Gasteiger partial charge in [0.15, 0.2) is 0 Å². The van der Waals surface area contributed by atoms with Gasteiger partial charge in [-0.3, -0.25) is 9.55 Å². The van der Waals surface area contributed by atoms with Crippen LogP contribution in [0.4, 0.5) is 0 Å². The maximum absolute atomic E-state index is 11.6. The number of nitrogens with two attached hydrogens (primary N) is 2. The Morgan fingerprint density at radius 3 is 2.64 bits per heavy atom. The largest absolute Gasteiger partial charge is 0.403 e. The minimum Gasteiger partial charge on any atom is -0.403 e. The van der Waals surface area contributed by atoms with E-state index in [4.69, 9.17) is 11.5 Å². The van der Waals surface area contributed by atoms with Crippen LogP contribution in [0.2, 0.25) is 0 Å². The van der Waals surface area contributed by atoms with Crippen molar-refractivity contribution >= 4 is 16.3 Å². The van der Waals surface area contributed by atoms with Crippen molar-refractivity contribution in [2.24, 2.45) is 22.4 Å². The Bertz CT molecular complexity index is 792. The van der Waals surface area contributed by atoms with E-state index in [0.717, 1.165) is 11.1 Å². The van der Waals surface area contributed by atoms with E-state index >= 15 is 0 Å². The molecule has 0 spiro atoms. The highest BCUT2D eigenvalue weighted by atomic mass is 32.2. The average Bonchev–Trinajstić information content (AvgIpc) is 2.96. The molecule has 0 saturated carbocycles. The number of benzene rings is 1. The molecule has 7 heteroatoms. The molecule has 1 atom stereocenters. The van der Waals surface area contributed by atoms with Crippen LogP contribution in [0, 0.1) is 19.8 Å². The van der Waals surface area contributed by atoms with Crippen molar-refractivity contribution in [3.63, 3.8) is 0 Å². The van der Waals surface area contributed by atoms with Crippen molar-refractivity contribution in [1.29, 1.82) is 0 Å². The molecule has 2 rings (SSSR count). The minimum absolute atomic E-state index is 0.0390. The highest BCUT2D eigenvalue weighted by Gasteiger charge is 2.34. The molecule has 5 N–H and O–H groups in total. The second kappa shape index (κ2) is 5.94. The molecule has 1 aliphatic carbocycles. The van der Waals surface area contributed by atoms with Gasteiger partial charge in [-0.1, -0.05) is 17.7 Å². The molecule has 0 fully saturated rings. The lowest BCUT2D eigenvalue weighted by molar-refractivity contribution is 0.481. The zero-order valence-corrected chi connectivity index (χ0v) is 13.3. The third kappa shape index (κ3) is 3.37. The lowest BCUT2D eigenvalue weighted by atomic mass is 10.0. The Kier molecular flexibility index (Phi) is 4.39. The van der Waals surface area contributed by atoms with Gasteiger partial charge in [0.05, 0.1) is 5.92 Å². The first kappa shape index (κ1) is 16.3. The quantitative estimate of drug-likeness (QED) is 0.560.